The number of nitrogens with zero attached hydrogens (tertiary/aromatic N) is 1. The number of rotatable bonds is 7. The smallest absolute Gasteiger partial charge is 0.309 e. The molecule has 0 amide bonds. The van der Waals surface area contributed by atoms with E-state index in [2.05, 4.69) is 17.3 Å². The summed E-state index contributed by atoms with van der Waals surface area (Å²) in [5.41, 5.74) is 0. The summed E-state index contributed by atoms with van der Waals surface area (Å²) in [6.07, 6.45) is 3.36. The molecule has 1 rings (SSSR count). The molecular weight excluding hydrogens is 216 g/mol. The molecule has 1 saturated heterocycles. The molecule has 1 N–H and O–H groups in total. The summed E-state index contributed by atoms with van der Waals surface area (Å²) in [5.74, 6) is 0.734. The van der Waals surface area contributed by atoms with Gasteiger partial charge in [-0.2, -0.15) is 0 Å². The molecule has 0 aromatic rings. The second kappa shape index (κ2) is 7.67. The molecule has 1 aliphatic heterocycles. The van der Waals surface area contributed by atoms with Crippen molar-refractivity contribution in [2.75, 3.05) is 40.3 Å². The summed E-state index contributed by atoms with van der Waals surface area (Å²) in [7, 11) is 3.64. The number of esters is 1. The topological polar surface area (TPSA) is 41.6 Å². The van der Waals surface area contributed by atoms with Crippen molar-refractivity contribution in [2.45, 2.75) is 26.2 Å². The fourth-order valence-electron chi connectivity index (χ4n) is 2.41. The second-order valence-electron chi connectivity index (χ2n) is 5.04. The lowest BCUT2D eigenvalue weighted by Gasteiger charge is -2.15. The third-order valence-electron chi connectivity index (χ3n) is 3.64. The van der Waals surface area contributed by atoms with Gasteiger partial charge in [-0.3, -0.25) is 4.79 Å². The molecule has 2 atom stereocenters. The first-order valence-corrected chi connectivity index (χ1v) is 6.64. The molecule has 17 heavy (non-hydrogen) atoms. The molecule has 2 unspecified atom stereocenters. The third kappa shape index (κ3) is 5.04. The molecule has 100 valence electrons. The van der Waals surface area contributed by atoms with Crippen LogP contribution in [-0.4, -0.2) is 51.2 Å². The number of hydrogen-bond acceptors (Lipinski definition) is 4. The molecule has 4 nitrogen and oxygen atoms in total. The zero-order chi connectivity index (χ0) is 12.7. The zero-order valence-electron chi connectivity index (χ0n) is 11.4. The highest BCUT2D eigenvalue weighted by Gasteiger charge is 2.19. The molecule has 0 radical (unpaired) electrons. The quantitative estimate of drug-likeness (QED) is 0.536. The summed E-state index contributed by atoms with van der Waals surface area (Å²) in [6, 6.07) is 0. The van der Waals surface area contributed by atoms with Crippen LogP contribution in [0.25, 0.3) is 0 Å². The first-order valence-electron chi connectivity index (χ1n) is 6.64. The number of carbonyl (C=O) groups is 1. The van der Waals surface area contributed by atoms with Crippen LogP contribution in [0.5, 0.6) is 0 Å². The number of carbonyl (C=O) groups excluding carboxylic acids is 1. The monoisotopic (exact) mass is 242 g/mol. The Morgan fingerprint density at radius 1 is 1.59 bits per heavy atom. The Balaban J connectivity index is 2.08. The van der Waals surface area contributed by atoms with Gasteiger partial charge in [0, 0.05) is 13.1 Å². The average molecular weight is 242 g/mol. The molecule has 1 fully saturated rings. The predicted molar refractivity (Wildman–Crippen MR) is 68.9 cm³/mol. The highest BCUT2D eigenvalue weighted by Crippen LogP contribution is 2.17. The standard InChI is InChI=1S/C13H26N2O2/c1-4-12(13(16)17-3)9-14-7-5-11-6-8-15(2)10-11/h11-12,14H,4-10H2,1-3H3. The van der Waals surface area contributed by atoms with Crippen molar-refractivity contribution in [2.24, 2.45) is 11.8 Å². The first kappa shape index (κ1) is 14.5. The molecule has 0 aromatic carbocycles. The van der Waals surface area contributed by atoms with E-state index in [0.717, 1.165) is 25.4 Å². The third-order valence-corrected chi connectivity index (χ3v) is 3.64. The number of hydrogen-bond donors (Lipinski definition) is 1. The number of likely N-dealkylation sites (tertiary alicyclic amines) is 1. The molecule has 0 saturated carbocycles. The minimum Gasteiger partial charge on any atom is -0.469 e. The van der Waals surface area contributed by atoms with Crippen molar-refractivity contribution in [1.29, 1.82) is 0 Å². The predicted octanol–water partition coefficient (Wildman–Crippen LogP) is 1.12. The fraction of sp³-hybridized carbons (Fsp3) is 0.923. The first-order chi connectivity index (χ1) is 8.17. The highest BCUT2D eigenvalue weighted by molar-refractivity contribution is 5.72. The van der Waals surface area contributed by atoms with Crippen LogP contribution in [0.1, 0.15) is 26.2 Å². The SMILES string of the molecule is CCC(CNCCC1CCN(C)C1)C(=O)OC. The molecule has 0 bridgehead atoms. The van der Waals surface area contributed by atoms with E-state index in [9.17, 15) is 4.79 Å². The highest BCUT2D eigenvalue weighted by atomic mass is 16.5. The van der Waals surface area contributed by atoms with Crippen LogP contribution in [0, 0.1) is 11.8 Å². The van der Waals surface area contributed by atoms with E-state index in [1.165, 1.54) is 33.0 Å². The van der Waals surface area contributed by atoms with E-state index in [1.807, 2.05) is 6.92 Å². The Morgan fingerprint density at radius 2 is 2.35 bits per heavy atom. The maximum Gasteiger partial charge on any atom is 0.309 e. The van der Waals surface area contributed by atoms with Gasteiger partial charge < -0.3 is 15.0 Å². The van der Waals surface area contributed by atoms with Gasteiger partial charge >= 0.3 is 5.97 Å². The minimum atomic E-state index is -0.0967. The maximum atomic E-state index is 11.4. The Hall–Kier alpha value is -0.610. The molecule has 4 heteroatoms. The lowest BCUT2D eigenvalue weighted by atomic mass is 10.0. The van der Waals surface area contributed by atoms with Crippen LogP contribution >= 0.6 is 0 Å². The van der Waals surface area contributed by atoms with E-state index < -0.39 is 0 Å². The number of ether oxygens (including phenoxy) is 1. The lowest BCUT2D eigenvalue weighted by molar-refractivity contribution is -0.145. The Bertz CT molecular complexity index is 233. The largest absolute Gasteiger partial charge is 0.469 e. The van der Waals surface area contributed by atoms with Crippen molar-refractivity contribution >= 4 is 5.97 Å². The molecule has 0 spiro atoms. The Morgan fingerprint density at radius 3 is 2.88 bits per heavy atom. The van der Waals surface area contributed by atoms with Crippen LogP contribution in [0.2, 0.25) is 0 Å². The Labute approximate surface area is 105 Å². The van der Waals surface area contributed by atoms with Gasteiger partial charge in [-0.25, -0.2) is 0 Å². The minimum absolute atomic E-state index is 0.00579. The van der Waals surface area contributed by atoms with Gasteiger partial charge in [-0.15, -0.1) is 0 Å². The number of methoxy groups -OCH3 is 1. The average Bonchev–Trinajstić information content (AvgIpc) is 2.74. The fourth-order valence-corrected chi connectivity index (χ4v) is 2.41. The van der Waals surface area contributed by atoms with Crippen LogP contribution < -0.4 is 5.32 Å². The van der Waals surface area contributed by atoms with Crippen molar-refractivity contribution in [3.05, 3.63) is 0 Å². The van der Waals surface area contributed by atoms with E-state index in [-0.39, 0.29) is 11.9 Å². The van der Waals surface area contributed by atoms with Gasteiger partial charge in [0.05, 0.1) is 13.0 Å². The second-order valence-corrected chi connectivity index (χ2v) is 5.04. The lowest BCUT2D eigenvalue weighted by Crippen LogP contribution is -2.30. The molecule has 1 heterocycles. The normalized spacial score (nSPS) is 22.6. The maximum absolute atomic E-state index is 11.4. The van der Waals surface area contributed by atoms with Gasteiger partial charge in [0.1, 0.15) is 0 Å². The van der Waals surface area contributed by atoms with E-state index in [1.54, 1.807) is 0 Å². The van der Waals surface area contributed by atoms with Crippen molar-refractivity contribution in [1.82, 2.24) is 10.2 Å². The zero-order valence-corrected chi connectivity index (χ0v) is 11.4. The molecule has 0 aromatic heterocycles. The van der Waals surface area contributed by atoms with Gasteiger partial charge in [0.2, 0.25) is 0 Å². The van der Waals surface area contributed by atoms with E-state index >= 15 is 0 Å². The van der Waals surface area contributed by atoms with Gasteiger partial charge in [0.15, 0.2) is 0 Å². The van der Waals surface area contributed by atoms with E-state index in [0.29, 0.717) is 0 Å². The molecule has 0 aliphatic carbocycles. The van der Waals surface area contributed by atoms with Gasteiger partial charge in [-0.05, 0) is 45.3 Å². The van der Waals surface area contributed by atoms with Crippen molar-refractivity contribution in [3.8, 4) is 0 Å². The van der Waals surface area contributed by atoms with Gasteiger partial charge in [0.25, 0.3) is 0 Å². The van der Waals surface area contributed by atoms with Crippen molar-refractivity contribution < 1.29 is 9.53 Å². The van der Waals surface area contributed by atoms with Gasteiger partial charge in [-0.1, -0.05) is 6.92 Å². The van der Waals surface area contributed by atoms with Crippen LogP contribution in [0.15, 0.2) is 0 Å². The van der Waals surface area contributed by atoms with Crippen LogP contribution in [0.3, 0.4) is 0 Å². The molecule has 1 aliphatic rings. The summed E-state index contributed by atoms with van der Waals surface area (Å²) >= 11 is 0. The van der Waals surface area contributed by atoms with E-state index in [4.69, 9.17) is 4.74 Å². The number of nitrogens with one attached hydrogen (secondary N) is 1. The summed E-state index contributed by atoms with van der Waals surface area (Å²) in [4.78, 5) is 13.8. The van der Waals surface area contributed by atoms with Crippen molar-refractivity contribution in [3.63, 3.8) is 0 Å². The molecular formula is C13H26N2O2. The summed E-state index contributed by atoms with van der Waals surface area (Å²) < 4.78 is 4.76. The van der Waals surface area contributed by atoms with Crippen LogP contribution in [0.4, 0.5) is 0 Å². The summed E-state index contributed by atoms with van der Waals surface area (Å²) in [6.45, 7) is 6.22. The summed E-state index contributed by atoms with van der Waals surface area (Å²) in [5, 5.41) is 3.37. The van der Waals surface area contributed by atoms with Crippen LogP contribution in [-0.2, 0) is 9.53 Å². The Kier molecular flexibility index (Phi) is 6.52.